The monoisotopic (exact) mass is 143 g/mol. The lowest BCUT2D eigenvalue weighted by molar-refractivity contribution is -0.392. The molecule has 1 N–H and O–H groups in total. The van der Waals surface area contributed by atoms with E-state index in [0.717, 1.165) is 10.8 Å². The SMILES string of the molecule is O=[N+]([O-])c1cncn1CO. The Labute approximate surface area is 55.9 Å². The molecule has 1 rings (SSSR count). The third-order valence-electron chi connectivity index (χ3n) is 1.03. The number of imidazole rings is 1. The van der Waals surface area contributed by atoms with Crippen molar-refractivity contribution in [3.05, 3.63) is 22.6 Å². The maximum absolute atomic E-state index is 10.1. The zero-order valence-electron chi connectivity index (χ0n) is 4.97. The van der Waals surface area contributed by atoms with Crippen LogP contribution in [0.2, 0.25) is 0 Å². The van der Waals surface area contributed by atoms with Gasteiger partial charge in [-0.25, -0.2) is 4.98 Å². The Morgan fingerprint density at radius 3 is 3.00 bits per heavy atom. The molecule has 10 heavy (non-hydrogen) atoms. The minimum atomic E-state index is -0.608. The van der Waals surface area contributed by atoms with E-state index < -0.39 is 11.7 Å². The first kappa shape index (κ1) is 6.69. The standard InChI is InChI=1S/C4H5N3O3/c8-3-6-2-5-1-4(6)7(9)10/h1-2,8H,3H2. The number of aliphatic hydroxyl groups is 1. The highest BCUT2D eigenvalue weighted by Crippen LogP contribution is 2.07. The number of nitro groups is 1. The van der Waals surface area contributed by atoms with E-state index in [4.69, 9.17) is 5.11 Å². The van der Waals surface area contributed by atoms with Gasteiger partial charge in [-0.2, -0.15) is 4.57 Å². The highest BCUT2D eigenvalue weighted by molar-refractivity contribution is 5.13. The molecule has 1 aromatic heterocycles. The van der Waals surface area contributed by atoms with Crippen LogP contribution in [0, 0.1) is 10.1 Å². The molecule has 0 amide bonds. The van der Waals surface area contributed by atoms with E-state index >= 15 is 0 Å². The molecule has 0 bridgehead atoms. The Morgan fingerprint density at radius 1 is 1.90 bits per heavy atom. The molecule has 0 saturated heterocycles. The molecule has 6 nitrogen and oxygen atoms in total. The largest absolute Gasteiger partial charge is 0.358 e. The maximum atomic E-state index is 10.1. The molecule has 0 fully saturated rings. The lowest BCUT2D eigenvalue weighted by atomic mass is 10.7. The average molecular weight is 143 g/mol. The Kier molecular flexibility index (Phi) is 1.63. The molecule has 54 valence electrons. The summed E-state index contributed by atoms with van der Waals surface area (Å²) in [5.41, 5.74) is 0. The molecule has 0 spiro atoms. The molecule has 0 radical (unpaired) electrons. The van der Waals surface area contributed by atoms with E-state index in [9.17, 15) is 10.1 Å². The lowest BCUT2D eigenvalue weighted by Crippen LogP contribution is -2.00. The van der Waals surface area contributed by atoms with Crippen LogP contribution in [0.5, 0.6) is 0 Å². The smallest absolute Gasteiger partial charge is 0.344 e. The first-order valence-electron chi connectivity index (χ1n) is 2.51. The Bertz CT molecular complexity index is 244. The van der Waals surface area contributed by atoms with Gasteiger partial charge in [0.15, 0.2) is 13.1 Å². The molecule has 0 unspecified atom stereocenters. The molecule has 0 aliphatic heterocycles. The van der Waals surface area contributed by atoms with Crippen LogP contribution < -0.4 is 0 Å². The van der Waals surface area contributed by atoms with Crippen molar-refractivity contribution < 1.29 is 10.0 Å². The van der Waals surface area contributed by atoms with Gasteiger partial charge >= 0.3 is 5.82 Å². The molecule has 6 heteroatoms. The molecule has 0 atom stereocenters. The Hall–Kier alpha value is -1.43. The zero-order chi connectivity index (χ0) is 7.56. The van der Waals surface area contributed by atoms with Crippen LogP contribution >= 0.6 is 0 Å². The van der Waals surface area contributed by atoms with E-state index in [-0.39, 0.29) is 5.82 Å². The summed E-state index contributed by atoms with van der Waals surface area (Å²) in [6, 6.07) is 0. The summed E-state index contributed by atoms with van der Waals surface area (Å²) in [6.45, 7) is -0.420. The number of hydrogen-bond acceptors (Lipinski definition) is 4. The fourth-order valence-electron chi connectivity index (χ4n) is 0.575. The van der Waals surface area contributed by atoms with Gasteiger partial charge < -0.3 is 15.2 Å². The normalized spacial score (nSPS) is 9.70. The zero-order valence-corrected chi connectivity index (χ0v) is 4.97. The van der Waals surface area contributed by atoms with E-state index in [1.165, 1.54) is 6.33 Å². The van der Waals surface area contributed by atoms with Gasteiger partial charge in [0, 0.05) is 0 Å². The molecule has 0 aliphatic rings. The highest BCUT2D eigenvalue weighted by Gasteiger charge is 2.09. The second-order valence-corrected chi connectivity index (χ2v) is 1.62. The van der Waals surface area contributed by atoms with Crippen LogP contribution in [0.1, 0.15) is 0 Å². The molecular weight excluding hydrogens is 138 g/mol. The van der Waals surface area contributed by atoms with Crippen LogP contribution in [0.15, 0.2) is 12.5 Å². The summed E-state index contributed by atoms with van der Waals surface area (Å²) in [5.74, 6) is -0.206. The third-order valence-corrected chi connectivity index (χ3v) is 1.03. The number of nitrogens with zero attached hydrogens (tertiary/aromatic N) is 3. The molecule has 0 aliphatic carbocycles. The summed E-state index contributed by atoms with van der Waals surface area (Å²) in [6.07, 6.45) is 2.27. The van der Waals surface area contributed by atoms with Crippen molar-refractivity contribution in [1.29, 1.82) is 0 Å². The van der Waals surface area contributed by atoms with Gasteiger partial charge in [0.1, 0.15) is 6.20 Å². The topological polar surface area (TPSA) is 81.2 Å². The highest BCUT2D eigenvalue weighted by atomic mass is 16.6. The summed E-state index contributed by atoms with van der Waals surface area (Å²) < 4.78 is 1.03. The van der Waals surface area contributed by atoms with E-state index in [0.29, 0.717) is 0 Å². The number of hydrogen-bond donors (Lipinski definition) is 1. The van der Waals surface area contributed by atoms with Gasteiger partial charge in [0.2, 0.25) is 0 Å². The third kappa shape index (κ3) is 0.960. The van der Waals surface area contributed by atoms with Crippen molar-refractivity contribution in [2.24, 2.45) is 0 Å². The fraction of sp³-hybridized carbons (Fsp3) is 0.250. The van der Waals surface area contributed by atoms with Gasteiger partial charge in [0.25, 0.3) is 0 Å². The lowest BCUT2D eigenvalue weighted by Gasteiger charge is -1.93. The summed E-state index contributed by atoms with van der Waals surface area (Å²) in [5, 5.41) is 18.6. The molecular formula is C4H5N3O3. The Balaban J connectivity index is 3.01. The van der Waals surface area contributed by atoms with Crippen molar-refractivity contribution in [3.8, 4) is 0 Å². The first-order valence-corrected chi connectivity index (χ1v) is 2.51. The van der Waals surface area contributed by atoms with Crippen molar-refractivity contribution >= 4 is 5.82 Å². The molecule has 1 heterocycles. The second-order valence-electron chi connectivity index (χ2n) is 1.62. The minimum Gasteiger partial charge on any atom is -0.358 e. The minimum absolute atomic E-state index is 0.206. The van der Waals surface area contributed by atoms with E-state index in [1.54, 1.807) is 0 Å². The van der Waals surface area contributed by atoms with Crippen molar-refractivity contribution in [3.63, 3.8) is 0 Å². The predicted octanol–water partition coefficient (Wildman–Crippen LogP) is -0.259. The summed E-state index contributed by atoms with van der Waals surface area (Å²) in [7, 11) is 0. The average Bonchev–Trinajstić information content (AvgIpc) is 2.33. The number of rotatable bonds is 2. The predicted molar refractivity (Wildman–Crippen MR) is 31.1 cm³/mol. The second kappa shape index (κ2) is 2.44. The van der Waals surface area contributed by atoms with Crippen molar-refractivity contribution in [1.82, 2.24) is 9.55 Å². The van der Waals surface area contributed by atoms with Crippen LogP contribution in [-0.2, 0) is 6.73 Å². The van der Waals surface area contributed by atoms with Crippen molar-refractivity contribution in [2.45, 2.75) is 6.73 Å². The quantitative estimate of drug-likeness (QED) is 0.456. The fourth-order valence-corrected chi connectivity index (χ4v) is 0.575. The number of aliphatic hydroxyl groups excluding tert-OH is 1. The van der Waals surface area contributed by atoms with Gasteiger partial charge in [-0.05, 0) is 4.92 Å². The van der Waals surface area contributed by atoms with E-state index in [1.807, 2.05) is 0 Å². The number of aromatic nitrogens is 2. The Morgan fingerprint density at radius 2 is 2.60 bits per heavy atom. The van der Waals surface area contributed by atoms with E-state index in [2.05, 4.69) is 4.98 Å². The molecule has 0 saturated carbocycles. The van der Waals surface area contributed by atoms with Crippen LogP contribution in [0.4, 0.5) is 5.82 Å². The molecule has 0 aromatic carbocycles. The van der Waals surface area contributed by atoms with Crippen LogP contribution in [0.25, 0.3) is 0 Å². The molecule has 1 aromatic rings. The summed E-state index contributed by atoms with van der Waals surface area (Å²) >= 11 is 0. The van der Waals surface area contributed by atoms with Gasteiger partial charge in [-0.3, -0.25) is 0 Å². The maximum Gasteiger partial charge on any atom is 0.344 e. The van der Waals surface area contributed by atoms with Gasteiger partial charge in [-0.15, -0.1) is 0 Å². The van der Waals surface area contributed by atoms with Crippen LogP contribution in [0.3, 0.4) is 0 Å². The van der Waals surface area contributed by atoms with Gasteiger partial charge in [0.05, 0.1) is 0 Å². The van der Waals surface area contributed by atoms with Gasteiger partial charge in [-0.1, -0.05) is 0 Å². The summed E-state index contributed by atoms with van der Waals surface area (Å²) in [4.78, 5) is 12.9. The van der Waals surface area contributed by atoms with Crippen LogP contribution in [-0.4, -0.2) is 19.6 Å². The first-order chi connectivity index (χ1) is 4.75. The van der Waals surface area contributed by atoms with Crippen molar-refractivity contribution in [2.75, 3.05) is 0 Å².